The molecule has 2 heteroatoms. The average Bonchev–Trinajstić information content (AvgIpc) is 2.34. The predicted octanol–water partition coefficient (Wildman–Crippen LogP) is 0.499. The van der Waals surface area contributed by atoms with E-state index >= 15 is 0 Å². The van der Waals surface area contributed by atoms with Crippen molar-refractivity contribution in [1.29, 1.82) is 0 Å². The van der Waals surface area contributed by atoms with Gasteiger partial charge in [-0.2, -0.15) is 0 Å². The monoisotopic (exact) mass is 152 g/mol. The number of hydrogen-bond donors (Lipinski definition) is 2. The Hall–Kier alpha value is -0.340. The van der Waals surface area contributed by atoms with Crippen molar-refractivity contribution in [3.63, 3.8) is 0 Å². The third-order valence-electron chi connectivity index (χ3n) is 3.05. The Kier molecular flexibility index (Phi) is 1.55. The van der Waals surface area contributed by atoms with Crippen LogP contribution in [0.5, 0.6) is 0 Å². The summed E-state index contributed by atoms with van der Waals surface area (Å²) in [5, 5.41) is 3.39. The van der Waals surface area contributed by atoms with Crippen LogP contribution in [0.25, 0.3) is 0 Å². The van der Waals surface area contributed by atoms with E-state index in [-0.39, 0.29) is 5.54 Å². The van der Waals surface area contributed by atoms with Crippen molar-refractivity contribution in [2.24, 2.45) is 17.6 Å². The van der Waals surface area contributed by atoms with Crippen LogP contribution >= 0.6 is 0 Å². The van der Waals surface area contributed by atoms with E-state index in [1.165, 1.54) is 0 Å². The van der Waals surface area contributed by atoms with E-state index in [0.717, 1.165) is 19.5 Å². The molecule has 0 saturated carbocycles. The van der Waals surface area contributed by atoms with Gasteiger partial charge in [0.2, 0.25) is 0 Å². The van der Waals surface area contributed by atoms with Gasteiger partial charge in [-0.1, -0.05) is 12.2 Å². The van der Waals surface area contributed by atoms with E-state index < -0.39 is 0 Å². The van der Waals surface area contributed by atoms with Crippen LogP contribution in [-0.4, -0.2) is 18.6 Å². The molecule has 1 saturated heterocycles. The van der Waals surface area contributed by atoms with Crippen LogP contribution in [0, 0.1) is 11.8 Å². The number of nitrogens with two attached hydrogens (primary N) is 1. The quantitative estimate of drug-likeness (QED) is 0.496. The van der Waals surface area contributed by atoms with Gasteiger partial charge < -0.3 is 11.1 Å². The van der Waals surface area contributed by atoms with Crippen LogP contribution in [0.1, 0.15) is 13.3 Å². The summed E-state index contributed by atoms with van der Waals surface area (Å²) in [6.07, 6.45) is 5.59. The molecule has 0 aromatic rings. The maximum atomic E-state index is 6.17. The highest BCUT2D eigenvalue weighted by Gasteiger charge is 2.39. The van der Waals surface area contributed by atoms with Crippen molar-refractivity contribution in [2.75, 3.05) is 13.1 Å². The first-order valence-electron chi connectivity index (χ1n) is 4.36. The first-order valence-corrected chi connectivity index (χ1v) is 4.36. The van der Waals surface area contributed by atoms with Gasteiger partial charge in [-0.3, -0.25) is 0 Å². The molecular formula is C9H16N2. The lowest BCUT2D eigenvalue weighted by Gasteiger charge is -2.36. The van der Waals surface area contributed by atoms with Crippen LogP contribution in [0.4, 0.5) is 0 Å². The second kappa shape index (κ2) is 2.32. The fourth-order valence-electron chi connectivity index (χ4n) is 2.27. The van der Waals surface area contributed by atoms with Crippen molar-refractivity contribution in [3.05, 3.63) is 12.2 Å². The standard InChI is InChI=1S/C9H16N2/c1-9(10)4-2-3-7-5-11-6-8(7)9/h2-3,7-8,11H,4-6,10H2,1H3. The summed E-state index contributed by atoms with van der Waals surface area (Å²) in [5.74, 6) is 1.35. The highest BCUT2D eigenvalue weighted by atomic mass is 14.9. The van der Waals surface area contributed by atoms with Crippen LogP contribution in [0.15, 0.2) is 12.2 Å². The molecule has 1 aliphatic heterocycles. The van der Waals surface area contributed by atoms with Gasteiger partial charge in [-0.25, -0.2) is 0 Å². The minimum absolute atomic E-state index is 0.0307. The number of fused-ring (bicyclic) bond motifs is 1. The smallest absolute Gasteiger partial charge is 0.0207 e. The van der Waals surface area contributed by atoms with E-state index in [9.17, 15) is 0 Å². The summed E-state index contributed by atoms with van der Waals surface area (Å²) in [6, 6.07) is 0. The van der Waals surface area contributed by atoms with Gasteiger partial charge in [-0.15, -0.1) is 0 Å². The molecule has 1 aliphatic carbocycles. The molecule has 2 nitrogen and oxygen atoms in total. The number of nitrogens with one attached hydrogen (secondary N) is 1. The van der Waals surface area contributed by atoms with E-state index in [1.54, 1.807) is 0 Å². The first kappa shape index (κ1) is 7.32. The molecule has 0 amide bonds. The van der Waals surface area contributed by atoms with Crippen LogP contribution in [0.2, 0.25) is 0 Å². The lowest BCUT2D eigenvalue weighted by atomic mass is 9.74. The van der Waals surface area contributed by atoms with Crippen molar-refractivity contribution < 1.29 is 0 Å². The van der Waals surface area contributed by atoms with Crippen molar-refractivity contribution >= 4 is 0 Å². The third-order valence-corrected chi connectivity index (χ3v) is 3.05. The fraction of sp³-hybridized carbons (Fsp3) is 0.778. The van der Waals surface area contributed by atoms with Gasteiger partial charge in [0.05, 0.1) is 0 Å². The lowest BCUT2D eigenvalue weighted by molar-refractivity contribution is 0.267. The number of rotatable bonds is 0. The molecule has 2 aliphatic rings. The molecule has 3 N–H and O–H groups in total. The van der Waals surface area contributed by atoms with Crippen LogP contribution < -0.4 is 11.1 Å². The molecule has 0 bridgehead atoms. The SMILES string of the molecule is CC1(N)CC=CC2CNCC21. The van der Waals surface area contributed by atoms with Crippen LogP contribution in [-0.2, 0) is 0 Å². The Morgan fingerprint density at radius 1 is 1.55 bits per heavy atom. The van der Waals surface area contributed by atoms with E-state index in [4.69, 9.17) is 5.73 Å². The molecule has 2 rings (SSSR count). The summed E-state index contributed by atoms with van der Waals surface area (Å²) in [5.41, 5.74) is 6.20. The second-order valence-electron chi connectivity index (χ2n) is 4.07. The van der Waals surface area contributed by atoms with E-state index in [2.05, 4.69) is 24.4 Å². The molecular weight excluding hydrogens is 136 g/mol. The van der Waals surface area contributed by atoms with Crippen LogP contribution in [0.3, 0.4) is 0 Å². The van der Waals surface area contributed by atoms with Gasteiger partial charge >= 0.3 is 0 Å². The molecule has 0 aromatic heterocycles. The van der Waals surface area contributed by atoms with E-state index in [0.29, 0.717) is 11.8 Å². The summed E-state index contributed by atoms with van der Waals surface area (Å²) in [7, 11) is 0. The Morgan fingerprint density at radius 3 is 3.09 bits per heavy atom. The highest BCUT2D eigenvalue weighted by molar-refractivity contribution is 5.11. The van der Waals surface area contributed by atoms with Crippen molar-refractivity contribution in [2.45, 2.75) is 18.9 Å². The maximum absolute atomic E-state index is 6.17. The molecule has 3 unspecified atom stereocenters. The molecule has 1 fully saturated rings. The largest absolute Gasteiger partial charge is 0.325 e. The molecule has 1 heterocycles. The van der Waals surface area contributed by atoms with Crippen molar-refractivity contribution in [1.82, 2.24) is 5.32 Å². The van der Waals surface area contributed by atoms with Gasteiger partial charge in [-0.05, 0) is 25.2 Å². The molecule has 62 valence electrons. The Labute approximate surface area is 67.8 Å². The first-order chi connectivity index (χ1) is 5.20. The molecule has 11 heavy (non-hydrogen) atoms. The summed E-state index contributed by atoms with van der Waals surface area (Å²) in [6.45, 7) is 4.39. The zero-order chi connectivity index (χ0) is 7.90. The zero-order valence-electron chi connectivity index (χ0n) is 7.01. The summed E-state index contributed by atoms with van der Waals surface area (Å²) < 4.78 is 0. The predicted molar refractivity (Wildman–Crippen MR) is 46.2 cm³/mol. The molecule has 0 aromatic carbocycles. The molecule has 0 spiro atoms. The highest BCUT2D eigenvalue weighted by Crippen LogP contribution is 2.33. The van der Waals surface area contributed by atoms with Gasteiger partial charge in [0.15, 0.2) is 0 Å². The summed E-state index contributed by atoms with van der Waals surface area (Å²) >= 11 is 0. The topological polar surface area (TPSA) is 38.0 Å². The average molecular weight is 152 g/mol. The van der Waals surface area contributed by atoms with Gasteiger partial charge in [0.25, 0.3) is 0 Å². The zero-order valence-corrected chi connectivity index (χ0v) is 7.01. The fourth-order valence-corrected chi connectivity index (χ4v) is 2.27. The second-order valence-corrected chi connectivity index (χ2v) is 4.07. The third kappa shape index (κ3) is 1.10. The molecule has 0 radical (unpaired) electrons. The summed E-state index contributed by atoms with van der Waals surface area (Å²) in [4.78, 5) is 0. The van der Waals surface area contributed by atoms with E-state index in [1.807, 2.05) is 0 Å². The minimum Gasteiger partial charge on any atom is -0.325 e. The van der Waals surface area contributed by atoms with Gasteiger partial charge in [0.1, 0.15) is 0 Å². The Balaban J connectivity index is 2.23. The normalized spacial score (nSPS) is 49.3. The van der Waals surface area contributed by atoms with Crippen molar-refractivity contribution in [3.8, 4) is 0 Å². The minimum atomic E-state index is 0.0307. The molecule has 3 atom stereocenters. The van der Waals surface area contributed by atoms with Gasteiger partial charge in [0, 0.05) is 18.6 Å². The maximum Gasteiger partial charge on any atom is 0.0207 e. The Morgan fingerprint density at radius 2 is 2.36 bits per heavy atom. The lowest BCUT2D eigenvalue weighted by Crippen LogP contribution is -2.48. The Bertz CT molecular complexity index is 184. The number of hydrogen-bond acceptors (Lipinski definition) is 2.